The van der Waals surface area contributed by atoms with Crippen molar-refractivity contribution < 1.29 is 0 Å². The highest BCUT2D eigenvalue weighted by molar-refractivity contribution is 5.86. The number of benzene rings is 1. The van der Waals surface area contributed by atoms with E-state index in [0.29, 0.717) is 6.04 Å². The predicted octanol–water partition coefficient (Wildman–Crippen LogP) is 2.44. The van der Waals surface area contributed by atoms with Crippen molar-refractivity contribution in [3.05, 3.63) is 35.5 Å². The van der Waals surface area contributed by atoms with E-state index in [0.717, 1.165) is 26.2 Å². The monoisotopic (exact) mass is 243 g/mol. The zero-order valence-electron chi connectivity index (χ0n) is 11.2. The number of para-hydroxylation sites is 1. The molecule has 3 heteroatoms. The number of hydrogen-bond donors (Lipinski definition) is 2. The number of aryl methyl sites for hydroxylation is 1. The van der Waals surface area contributed by atoms with Crippen molar-refractivity contribution in [2.75, 3.05) is 26.2 Å². The second kappa shape index (κ2) is 4.75. The lowest BCUT2D eigenvalue weighted by Gasteiger charge is -2.32. The molecule has 2 N–H and O–H groups in total. The topological polar surface area (TPSA) is 31.1 Å². The van der Waals surface area contributed by atoms with Crippen molar-refractivity contribution in [3.8, 4) is 0 Å². The number of aromatic amines is 1. The lowest BCUT2D eigenvalue weighted by Crippen LogP contribution is -2.44. The molecule has 0 saturated carbocycles. The lowest BCUT2D eigenvalue weighted by molar-refractivity contribution is 0.186. The second-order valence-electron chi connectivity index (χ2n) is 5.20. The molecule has 1 saturated heterocycles. The fraction of sp³-hybridized carbons (Fsp3) is 0.467. The molecule has 1 atom stereocenters. The number of hydrogen-bond acceptors (Lipinski definition) is 2. The number of H-pyrrole nitrogens is 1. The summed E-state index contributed by atoms with van der Waals surface area (Å²) in [6.07, 6.45) is 2.18. The number of fused-ring (bicyclic) bond motifs is 1. The Morgan fingerprint density at radius 3 is 2.78 bits per heavy atom. The summed E-state index contributed by atoms with van der Waals surface area (Å²) >= 11 is 0. The van der Waals surface area contributed by atoms with Gasteiger partial charge in [-0.25, -0.2) is 0 Å². The molecule has 2 heterocycles. The zero-order chi connectivity index (χ0) is 12.5. The van der Waals surface area contributed by atoms with Crippen LogP contribution in [0.1, 0.15) is 24.1 Å². The van der Waals surface area contributed by atoms with E-state index in [1.165, 1.54) is 22.0 Å². The molecule has 1 aromatic carbocycles. The summed E-state index contributed by atoms with van der Waals surface area (Å²) in [6, 6.07) is 7.03. The molecule has 3 rings (SSSR count). The third kappa shape index (κ3) is 1.93. The maximum absolute atomic E-state index is 3.43. The Balaban J connectivity index is 1.96. The van der Waals surface area contributed by atoms with Gasteiger partial charge in [-0.05, 0) is 25.0 Å². The van der Waals surface area contributed by atoms with Crippen LogP contribution >= 0.6 is 0 Å². The van der Waals surface area contributed by atoms with Crippen LogP contribution in [0.25, 0.3) is 10.9 Å². The van der Waals surface area contributed by atoms with Gasteiger partial charge in [0.25, 0.3) is 0 Å². The zero-order valence-corrected chi connectivity index (χ0v) is 11.2. The van der Waals surface area contributed by atoms with Crippen molar-refractivity contribution in [2.45, 2.75) is 19.9 Å². The van der Waals surface area contributed by atoms with Crippen LogP contribution < -0.4 is 5.32 Å². The molecule has 0 bridgehead atoms. The summed E-state index contributed by atoms with van der Waals surface area (Å²) in [5.41, 5.74) is 4.04. The predicted molar refractivity (Wildman–Crippen MR) is 75.9 cm³/mol. The molecule has 18 heavy (non-hydrogen) atoms. The summed E-state index contributed by atoms with van der Waals surface area (Å²) in [5.74, 6) is 0. The molecule has 1 aliphatic heterocycles. The molecule has 1 aromatic heterocycles. The average molecular weight is 243 g/mol. The van der Waals surface area contributed by atoms with Crippen LogP contribution in [-0.2, 0) is 0 Å². The molecule has 1 aliphatic rings. The normalized spacial score (nSPS) is 19.2. The van der Waals surface area contributed by atoms with Crippen LogP contribution in [0.2, 0.25) is 0 Å². The average Bonchev–Trinajstić information content (AvgIpc) is 2.84. The highest BCUT2D eigenvalue weighted by Gasteiger charge is 2.20. The van der Waals surface area contributed by atoms with E-state index in [1.807, 2.05) is 0 Å². The number of nitrogens with one attached hydrogen (secondary N) is 2. The summed E-state index contributed by atoms with van der Waals surface area (Å²) in [6.45, 7) is 8.96. The summed E-state index contributed by atoms with van der Waals surface area (Å²) in [4.78, 5) is 5.99. The van der Waals surface area contributed by atoms with Gasteiger partial charge in [0, 0.05) is 49.3 Å². The third-order valence-corrected chi connectivity index (χ3v) is 4.11. The van der Waals surface area contributed by atoms with Gasteiger partial charge in [0.05, 0.1) is 0 Å². The van der Waals surface area contributed by atoms with Crippen molar-refractivity contribution in [3.63, 3.8) is 0 Å². The first-order valence-corrected chi connectivity index (χ1v) is 6.79. The number of aromatic nitrogens is 1. The molecule has 96 valence electrons. The first-order valence-electron chi connectivity index (χ1n) is 6.79. The molecular formula is C15H21N3. The number of piperazine rings is 1. The van der Waals surface area contributed by atoms with E-state index in [-0.39, 0.29) is 0 Å². The Morgan fingerprint density at radius 2 is 2.00 bits per heavy atom. The quantitative estimate of drug-likeness (QED) is 0.849. The highest BCUT2D eigenvalue weighted by Crippen LogP contribution is 2.29. The first kappa shape index (κ1) is 11.8. The van der Waals surface area contributed by atoms with Gasteiger partial charge in [-0.3, -0.25) is 4.90 Å². The Morgan fingerprint density at radius 1 is 1.22 bits per heavy atom. The molecule has 3 nitrogen and oxygen atoms in total. The van der Waals surface area contributed by atoms with E-state index in [4.69, 9.17) is 0 Å². The van der Waals surface area contributed by atoms with Crippen molar-refractivity contribution in [1.29, 1.82) is 0 Å². The lowest BCUT2D eigenvalue weighted by atomic mass is 10.0. The molecule has 2 aromatic rings. The van der Waals surface area contributed by atoms with Gasteiger partial charge in [-0.1, -0.05) is 18.2 Å². The third-order valence-electron chi connectivity index (χ3n) is 4.11. The van der Waals surface area contributed by atoms with Gasteiger partial charge in [0.2, 0.25) is 0 Å². The van der Waals surface area contributed by atoms with Gasteiger partial charge >= 0.3 is 0 Å². The maximum atomic E-state index is 3.43. The van der Waals surface area contributed by atoms with Gasteiger partial charge in [-0.2, -0.15) is 0 Å². The number of nitrogens with zero attached hydrogens (tertiary/aromatic N) is 1. The van der Waals surface area contributed by atoms with Crippen LogP contribution in [0.5, 0.6) is 0 Å². The van der Waals surface area contributed by atoms with Crippen LogP contribution in [-0.4, -0.2) is 36.1 Å². The largest absolute Gasteiger partial charge is 0.361 e. The molecule has 0 spiro atoms. The SMILES string of the molecule is Cc1cccc2c(C(C)N3CCNCC3)c[nH]c12. The Hall–Kier alpha value is -1.32. The van der Waals surface area contributed by atoms with E-state index in [9.17, 15) is 0 Å². The van der Waals surface area contributed by atoms with Crippen LogP contribution in [0, 0.1) is 6.92 Å². The molecule has 1 unspecified atom stereocenters. The minimum absolute atomic E-state index is 0.489. The van der Waals surface area contributed by atoms with Crippen LogP contribution in [0.15, 0.2) is 24.4 Å². The van der Waals surface area contributed by atoms with Crippen LogP contribution in [0.3, 0.4) is 0 Å². The summed E-state index contributed by atoms with van der Waals surface area (Å²) in [5, 5.41) is 4.79. The van der Waals surface area contributed by atoms with Crippen molar-refractivity contribution >= 4 is 10.9 Å². The highest BCUT2D eigenvalue weighted by atomic mass is 15.2. The van der Waals surface area contributed by atoms with Crippen molar-refractivity contribution in [1.82, 2.24) is 15.2 Å². The van der Waals surface area contributed by atoms with Crippen LogP contribution in [0.4, 0.5) is 0 Å². The summed E-state index contributed by atoms with van der Waals surface area (Å²) < 4.78 is 0. The van der Waals surface area contributed by atoms with Crippen molar-refractivity contribution in [2.24, 2.45) is 0 Å². The fourth-order valence-electron chi connectivity index (χ4n) is 2.94. The van der Waals surface area contributed by atoms with E-state index in [2.05, 4.69) is 53.4 Å². The molecular weight excluding hydrogens is 222 g/mol. The molecule has 1 fully saturated rings. The van der Waals surface area contributed by atoms with E-state index in [1.54, 1.807) is 0 Å². The second-order valence-corrected chi connectivity index (χ2v) is 5.20. The molecule has 0 radical (unpaired) electrons. The summed E-state index contributed by atoms with van der Waals surface area (Å²) in [7, 11) is 0. The van der Waals surface area contributed by atoms with Gasteiger partial charge in [-0.15, -0.1) is 0 Å². The van der Waals surface area contributed by atoms with Gasteiger partial charge < -0.3 is 10.3 Å². The fourth-order valence-corrected chi connectivity index (χ4v) is 2.94. The Bertz CT molecular complexity index is 538. The van der Waals surface area contributed by atoms with E-state index >= 15 is 0 Å². The molecule has 0 amide bonds. The first-order chi connectivity index (χ1) is 8.77. The minimum Gasteiger partial charge on any atom is -0.361 e. The number of rotatable bonds is 2. The Kier molecular flexibility index (Phi) is 3.10. The maximum Gasteiger partial charge on any atom is 0.0487 e. The van der Waals surface area contributed by atoms with E-state index < -0.39 is 0 Å². The minimum atomic E-state index is 0.489. The molecule has 0 aliphatic carbocycles. The van der Waals surface area contributed by atoms with Gasteiger partial charge in [0.1, 0.15) is 0 Å². The standard InChI is InChI=1S/C15H21N3/c1-11-4-3-5-13-14(10-17-15(11)13)12(2)18-8-6-16-7-9-18/h3-5,10,12,16-17H,6-9H2,1-2H3. The van der Waals surface area contributed by atoms with Gasteiger partial charge in [0.15, 0.2) is 0 Å². The smallest absolute Gasteiger partial charge is 0.0487 e. The Labute approximate surface area is 108 Å².